The molecule has 1 saturated heterocycles. The number of sulfonamides is 1. The van der Waals surface area contributed by atoms with E-state index in [2.05, 4.69) is 0 Å². The summed E-state index contributed by atoms with van der Waals surface area (Å²) < 4.78 is 37.2. The van der Waals surface area contributed by atoms with Gasteiger partial charge in [0.2, 0.25) is 15.9 Å². The van der Waals surface area contributed by atoms with Crippen molar-refractivity contribution in [3.05, 3.63) is 65.1 Å². The molecule has 31 heavy (non-hydrogen) atoms. The topological polar surface area (TPSA) is 76.2 Å². The van der Waals surface area contributed by atoms with Crippen LogP contribution < -0.4 is 9.47 Å². The molecule has 7 nitrogen and oxygen atoms in total. The Balaban J connectivity index is 1.53. The van der Waals surface area contributed by atoms with E-state index >= 15 is 0 Å². The summed E-state index contributed by atoms with van der Waals surface area (Å²) in [5.74, 6) is 1.43. The number of methoxy groups -OCH3 is 2. The molecule has 2 aromatic rings. The van der Waals surface area contributed by atoms with Gasteiger partial charge in [-0.15, -0.1) is 0 Å². The molecule has 1 aliphatic rings. The number of benzene rings is 2. The third kappa shape index (κ3) is 6.08. The fourth-order valence-electron chi connectivity index (χ4n) is 3.48. The number of carbonyl (C=O) groups is 1. The van der Waals surface area contributed by atoms with Gasteiger partial charge in [-0.05, 0) is 41.8 Å². The molecule has 1 heterocycles. The molecule has 0 aliphatic carbocycles. The molecule has 0 atom stereocenters. The molecule has 1 amide bonds. The molecular formula is C23H28N2O5S. The normalized spacial score (nSPS) is 15.2. The second-order valence-corrected chi connectivity index (χ2v) is 9.03. The van der Waals surface area contributed by atoms with E-state index in [4.69, 9.17) is 9.47 Å². The number of rotatable bonds is 8. The first-order chi connectivity index (χ1) is 14.9. The van der Waals surface area contributed by atoms with Crippen molar-refractivity contribution in [3.8, 4) is 11.5 Å². The third-order valence-corrected chi connectivity index (χ3v) is 6.84. The van der Waals surface area contributed by atoms with Gasteiger partial charge >= 0.3 is 0 Å². The van der Waals surface area contributed by atoms with Crippen LogP contribution in [0.4, 0.5) is 0 Å². The number of hydrogen-bond donors (Lipinski definition) is 0. The Labute approximate surface area is 183 Å². The number of carbonyl (C=O) groups excluding carboxylic acids is 1. The largest absolute Gasteiger partial charge is 0.497 e. The van der Waals surface area contributed by atoms with Crippen molar-refractivity contribution in [1.29, 1.82) is 0 Å². The Morgan fingerprint density at radius 1 is 1.00 bits per heavy atom. The molecule has 0 radical (unpaired) electrons. The SMILES string of the molecule is COc1ccc(OC)c(CCC(=O)N2CCN(S(=O)(=O)/C=C/c3ccccc3)CC2)c1. The van der Waals surface area contributed by atoms with Crippen molar-refractivity contribution < 1.29 is 22.7 Å². The van der Waals surface area contributed by atoms with Gasteiger partial charge in [-0.25, -0.2) is 8.42 Å². The quantitative estimate of drug-likeness (QED) is 0.626. The predicted octanol–water partition coefficient (Wildman–Crippen LogP) is 2.78. The number of amides is 1. The van der Waals surface area contributed by atoms with E-state index in [0.717, 1.165) is 16.9 Å². The summed E-state index contributed by atoms with van der Waals surface area (Å²) in [7, 11) is -0.325. The Morgan fingerprint density at radius 3 is 2.35 bits per heavy atom. The minimum Gasteiger partial charge on any atom is -0.497 e. The second kappa shape index (κ2) is 10.5. The zero-order valence-corrected chi connectivity index (χ0v) is 18.7. The van der Waals surface area contributed by atoms with Gasteiger partial charge in [0.15, 0.2) is 0 Å². The van der Waals surface area contributed by atoms with E-state index < -0.39 is 10.0 Å². The Hall–Kier alpha value is -2.84. The van der Waals surface area contributed by atoms with Crippen LogP contribution in [0.3, 0.4) is 0 Å². The fourth-order valence-corrected chi connectivity index (χ4v) is 4.66. The second-order valence-electron chi connectivity index (χ2n) is 7.22. The molecular weight excluding hydrogens is 416 g/mol. The van der Waals surface area contributed by atoms with Crippen LogP contribution in [-0.2, 0) is 21.2 Å². The predicted molar refractivity (Wildman–Crippen MR) is 120 cm³/mol. The third-order valence-electron chi connectivity index (χ3n) is 5.28. The number of nitrogens with zero attached hydrogens (tertiary/aromatic N) is 2. The molecule has 0 saturated carbocycles. The van der Waals surface area contributed by atoms with Crippen molar-refractivity contribution in [3.63, 3.8) is 0 Å². The number of piperazine rings is 1. The maximum atomic E-state index is 12.7. The van der Waals surface area contributed by atoms with Gasteiger partial charge in [-0.2, -0.15) is 4.31 Å². The van der Waals surface area contributed by atoms with Crippen LogP contribution in [0.5, 0.6) is 11.5 Å². The highest BCUT2D eigenvalue weighted by molar-refractivity contribution is 7.92. The number of aryl methyl sites for hydroxylation is 1. The molecule has 1 aliphatic heterocycles. The van der Waals surface area contributed by atoms with E-state index in [9.17, 15) is 13.2 Å². The lowest BCUT2D eigenvalue weighted by Crippen LogP contribution is -2.50. The van der Waals surface area contributed by atoms with Crippen LogP contribution in [-0.4, -0.2) is 63.9 Å². The zero-order chi connectivity index (χ0) is 22.3. The molecule has 1 fully saturated rings. The minimum atomic E-state index is -3.52. The maximum Gasteiger partial charge on any atom is 0.236 e. The lowest BCUT2D eigenvalue weighted by atomic mass is 10.1. The Bertz CT molecular complexity index is 1010. The number of ether oxygens (including phenoxy) is 2. The molecule has 0 spiro atoms. The highest BCUT2D eigenvalue weighted by Gasteiger charge is 2.27. The van der Waals surface area contributed by atoms with Gasteiger partial charge in [0.1, 0.15) is 11.5 Å². The average Bonchev–Trinajstić information content (AvgIpc) is 2.81. The highest BCUT2D eigenvalue weighted by atomic mass is 32.2. The summed E-state index contributed by atoms with van der Waals surface area (Å²) in [6, 6.07) is 14.8. The first kappa shape index (κ1) is 22.8. The van der Waals surface area contributed by atoms with E-state index in [0.29, 0.717) is 31.7 Å². The summed E-state index contributed by atoms with van der Waals surface area (Å²) in [5, 5.41) is 1.23. The Morgan fingerprint density at radius 2 is 1.71 bits per heavy atom. The van der Waals surface area contributed by atoms with Crippen molar-refractivity contribution in [2.75, 3.05) is 40.4 Å². The molecule has 0 unspecified atom stereocenters. The van der Waals surface area contributed by atoms with E-state index in [1.807, 2.05) is 48.5 Å². The monoisotopic (exact) mass is 444 g/mol. The van der Waals surface area contributed by atoms with Gasteiger partial charge < -0.3 is 14.4 Å². The van der Waals surface area contributed by atoms with E-state index in [1.54, 1.807) is 25.2 Å². The van der Waals surface area contributed by atoms with Crippen LogP contribution in [0, 0.1) is 0 Å². The summed E-state index contributed by atoms with van der Waals surface area (Å²) in [5.41, 5.74) is 1.73. The van der Waals surface area contributed by atoms with Gasteiger partial charge in [-0.1, -0.05) is 30.3 Å². The van der Waals surface area contributed by atoms with Crippen molar-refractivity contribution >= 4 is 22.0 Å². The van der Waals surface area contributed by atoms with Gasteiger partial charge in [0, 0.05) is 38.0 Å². The molecule has 0 aromatic heterocycles. The fraction of sp³-hybridized carbons (Fsp3) is 0.348. The Kier molecular flexibility index (Phi) is 7.70. The molecule has 3 rings (SSSR count). The van der Waals surface area contributed by atoms with E-state index in [1.165, 1.54) is 9.71 Å². The molecule has 0 N–H and O–H groups in total. The maximum absolute atomic E-state index is 12.7. The summed E-state index contributed by atoms with van der Waals surface area (Å²) in [4.78, 5) is 14.4. The smallest absolute Gasteiger partial charge is 0.236 e. The minimum absolute atomic E-state index is 0.00162. The lowest BCUT2D eigenvalue weighted by Gasteiger charge is -2.33. The number of hydrogen-bond acceptors (Lipinski definition) is 5. The van der Waals surface area contributed by atoms with Crippen LogP contribution in [0.15, 0.2) is 53.9 Å². The zero-order valence-electron chi connectivity index (χ0n) is 17.9. The molecule has 8 heteroatoms. The summed E-state index contributed by atoms with van der Waals surface area (Å²) in [6.07, 6.45) is 2.44. The van der Waals surface area contributed by atoms with Crippen LogP contribution >= 0.6 is 0 Å². The van der Waals surface area contributed by atoms with Crippen LogP contribution in [0.1, 0.15) is 17.5 Å². The first-order valence-corrected chi connectivity index (χ1v) is 11.7. The van der Waals surface area contributed by atoms with E-state index in [-0.39, 0.29) is 19.0 Å². The van der Waals surface area contributed by atoms with Crippen molar-refractivity contribution in [1.82, 2.24) is 9.21 Å². The molecule has 166 valence electrons. The molecule has 0 bridgehead atoms. The van der Waals surface area contributed by atoms with Crippen molar-refractivity contribution in [2.45, 2.75) is 12.8 Å². The van der Waals surface area contributed by atoms with Gasteiger partial charge in [0.25, 0.3) is 0 Å². The standard InChI is InChI=1S/C23H28N2O5S/c1-29-21-9-10-22(30-2)20(18-21)8-11-23(26)24-13-15-25(16-14-24)31(27,28)17-12-19-6-4-3-5-7-19/h3-7,9-10,12,17-18H,8,11,13-16H2,1-2H3/b17-12+. The highest BCUT2D eigenvalue weighted by Crippen LogP contribution is 2.25. The summed E-state index contributed by atoms with van der Waals surface area (Å²) in [6.45, 7) is 1.34. The van der Waals surface area contributed by atoms with Crippen molar-refractivity contribution in [2.24, 2.45) is 0 Å². The average molecular weight is 445 g/mol. The summed E-state index contributed by atoms with van der Waals surface area (Å²) >= 11 is 0. The lowest BCUT2D eigenvalue weighted by molar-refractivity contribution is -0.132. The van der Waals surface area contributed by atoms with Gasteiger partial charge in [0.05, 0.1) is 14.2 Å². The van der Waals surface area contributed by atoms with Gasteiger partial charge in [-0.3, -0.25) is 4.79 Å². The van der Waals surface area contributed by atoms with Crippen LogP contribution in [0.2, 0.25) is 0 Å². The van der Waals surface area contributed by atoms with Crippen LogP contribution in [0.25, 0.3) is 6.08 Å². The molecule has 2 aromatic carbocycles. The first-order valence-electron chi connectivity index (χ1n) is 10.1.